The van der Waals surface area contributed by atoms with Gasteiger partial charge in [0, 0.05) is 16.6 Å². The highest BCUT2D eigenvalue weighted by atomic mass is 16.2. The van der Waals surface area contributed by atoms with Gasteiger partial charge in [-0.1, -0.05) is 74.5 Å². The Morgan fingerprint density at radius 2 is 0.897 bits per heavy atom. The van der Waals surface area contributed by atoms with E-state index >= 15 is 0 Å². The summed E-state index contributed by atoms with van der Waals surface area (Å²) in [5.41, 5.74) is 0.725. The Balaban J connectivity index is 1.99. The number of hydrogen-bond acceptors (Lipinski definition) is 4. The molecule has 2 aliphatic rings. The Hall–Kier alpha value is -3.80. The number of carbonyl (C=O) groups excluding carboxylic acids is 4. The maximum absolute atomic E-state index is 12.8. The Bertz CT molecular complexity index is 1040. The molecule has 2 heterocycles. The maximum atomic E-state index is 12.8. The van der Waals surface area contributed by atoms with Crippen LogP contribution in [0.3, 0.4) is 0 Å². The van der Waals surface area contributed by atoms with Gasteiger partial charge in [0.15, 0.2) is 0 Å². The van der Waals surface area contributed by atoms with Gasteiger partial charge in [-0.3, -0.25) is 29.8 Å². The summed E-state index contributed by atoms with van der Waals surface area (Å²) in [6.07, 6.45) is 0. The summed E-state index contributed by atoms with van der Waals surface area (Å²) in [7, 11) is 0. The van der Waals surface area contributed by atoms with Gasteiger partial charge in [-0.05, 0) is 11.1 Å². The third kappa shape index (κ3) is 2.89. The van der Waals surface area contributed by atoms with Crippen LogP contribution in [0.1, 0.15) is 25.0 Å². The van der Waals surface area contributed by atoms with E-state index < -0.39 is 29.0 Å². The number of nitrogens with one attached hydrogen (secondary N) is 2. The largest absolute Gasteiger partial charge is 0.288 e. The number of hydrogen-bond donors (Lipinski definition) is 2. The normalized spacial score (nSPS) is 17.2. The summed E-state index contributed by atoms with van der Waals surface area (Å²) in [6.45, 7) is 3.36. The van der Waals surface area contributed by atoms with Gasteiger partial charge in [0.2, 0.25) is 0 Å². The van der Waals surface area contributed by atoms with Gasteiger partial charge in [0.05, 0.1) is 11.1 Å². The van der Waals surface area contributed by atoms with Gasteiger partial charge >= 0.3 is 0 Å². The van der Waals surface area contributed by atoms with Gasteiger partial charge in [-0.2, -0.15) is 0 Å². The van der Waals surface area contributed by atoms with Crippen LogP contribution in [0.5, 0.6) is 0 Å². The van der Waals surface area contributed by atoms with Crippen LogP contribution in [-0.4, -0.2) is 23.6 Å². The van der Waals surface area contributed by atoms with E-state index in [1.165, 1.54) is 0 Å². The predicted octanol–water partition coefficient (Wildman–Crippen LogP) is 2.23. The van der Waals surface area contributed by atoms with Crippen LogP contribution < -0.4 is 10.6 Å². The Kier molecular flexibility index (Phi) is 4.27. The predicted molar refractivity (Wildman–Crippen MR) is 107 cm³/mol. The van der Waals surface area contributed by atoms with E-state index in [9.17, 15) is 19.2 Å². The number of carbonyl (C=O) groups is 4. The minimum atomic E-state index is -1.19. The fraction of sp³-hybridized carbons (Fsp3) is 0.130. The molecule has 2 N–H and O–H groups in total. The lowest BCUT2D eigenvalue weighted by Crippen LogP contribution is -2.32. The van der Waals surface area contributed by atoms with Crippen LogP contribution in [0, 0.1) is 5.41 Å². The van der Waals surface area contributed by atoms with E-state index in [4.69, 9.17) is 0 Å². The van der Waals surface area contributed by atoms with Gasteiger partial charge in [-0.15, -0.1) is 0 Å². The van der Waals surface area contributed by atoms with Crippen molar-refractivity contribution in [3.8, 4) is 0 Å². The van der Waals surface area contributed by atoms with Crippen LogP contribution in [0.25, 0.3) is 11.1 Å². The molecule has 2 aromatic carbocycles. The number of imide groups is 2. The molecule has 0 aliphatic carbocycles. The molecule has 29 heavy (non-hydrogen) atoms. The van der Waals surface area contributed by atoms with Crippen LogP contribution in [0.15, 0.2) is 71.8 Å². The van der Waals surface area contributed by atoms with E-state index in [1.54, 1.807) is 62.4 Å². The second-order valence-electron chi connectivity index (χ2n) is 7.42. The van der Waals surface area contributed by atoms with Crippen molar-refractivity contribution in [1.29, 1.82) is 0 Å². The average molecular weight is 386 g/mol. The lowest BCUT2D eigenvalue weighted by Gasteiger charge is -2.27. The minimum Gasteiger partial charge on any atom is -0.288 e. The molecule has 2 aliphatic heterocycles. The van der Waals surface area contributed by atoms with Crippen molar-refractivity contribution >= 4 is 34.8 Å². The van der Waals surface area contributed by atoms with Gasteiger partial charge in [-0.25, -0.2) is 0 Å². The van der Waals surface area contributed by atoms with E-state index in [-0.39, 0.29) is 22.3 Å². The zero-order valence-corrected chi connectivity index (χ0v) is 15.9. The molecule has 0 saturated heterocycles. The Labute approximate surface area is 167 Å². The van der Waals surface area contributed by atoms with Gasteiger partial charge in [0.1, 0.15) is 0 Å². The first-order valence-electron chi connectivity index (χ1n) is 9.14. The molecule has 0 unspecified atom stereocenters. The maximum Gasteiger partial charge on any atom is 0.259 e. The minimum absolute atomic E-state index is 0.169. The quantitative estimate of drug-likeness (QED) is 0.789. The van der Waals surface area contributed by atoms with Crippen molar-refractivity contribution in [3.63, 3.8) is 0 Å². The van der Waals surface area contributed by atoms with Crippen molar-refractivity contribution in [3.05, 3.63) is 82.9 Å². The number of benzene rings is 2. The summed E-state index contributed by atoms with van der Waals surface area (Å²) in [5, 5.41) is 4.67. The molecule has 4 amide bonds. The fourth-order valence-electron chi connectivity index (χ4n) is 3.99. The number of amides is 4. The summed E-state index contributed by atoms with van der Waals surface area (Å²) >= 11 is 0. The van der Waals surface area contributed by atoms with Gasteiger partial charge in [0.25, 0.3) is 23.6 Å². The second-order valence-corrected chi connectivity index (χ2v) is 7.42. The van der Waals surface area contributed by atoms with E-state index in [2.05, 4.69) is 10.6 Å². The standard InChI is InChI=1S/C23H18N2O4/c1-23(2,17-15(19(26)24-21(17)28)13-9-5-3-6-10-13)18-16(20(27)25-22(18)29)14-11-7-4-8-12-14/h3-12H,1-2H3,(H,24,26,28)(H,25,27,29). The van der Waals surface area contributed by atoms with Crippen molar-refractivity contribution in [2.45, 2.75) is 13.8 Å². The highest BCUT2D eigenvalue weighted by Crippen LogP contribution is 2.45. The molecule has 0 radical (unpaired) electrons. The first kappa shape index (κ1) is 18.6. The topological polar surface area (TPSA) is 92.3 Å². The van der Waals surface area contributed by atoms with E-state index in [1.807, 2.05) is 12.1 Å². The van der Waals surface area contributed by atoms with Crippen LogP contribution in [0.2, 0.25) is 0 Å². The zero-order chi connectivity index (χ0) is 20.8. The first-order chi connectivity index (χ1) is 13.8. The summed E-state index contributed by atoms with van der Waals surface area (Å²) in [4.78, 5) is 50.7. The molecule has 2 aromatic rings. The molecule has 0 aromatic heterocycles. The molecule has 0 fully saturated rings. The second kappa shape index (κ2) is 6.67. The zero-order valence-electron chi connectivity index (χ0n) is 15.9. The number of rotatable bonds is 4. The molecule has 6 nitrogen and oxygen atoms in total. The lowest BCUT2D eigenvalue weighted by molar-refractivity contribution is -0.124. The van der Waals surface area contributed by atoms with E-state index in [0.29, 0.717) is 11.1 Å². The molecule has 6 heteroatoms. The van der Waals surface area contributed by atoms with Crippen LogP contribution >= 0.6 is 0 Å². The Morgan fingerprint density at radius 1 is 0.552 bits per heavy atom. The highest BCUT2D eigenvalue weighted by Gasteiger charge is 2.48. The fourth-order valence-corrected chi connectivity index (χ4v) is 3.99. The van der Waals surface area contributed by atoms with Crippen molar-refractivity contribution in [1.82, 2.24) is 10.6 Å². The van der Waals surface area contributed by atoms with Crippen LogP contribution in [0.4, 0.5) is 0 Å². The van der Waals surface area contributed by atoms with Crippen molar-refractivity contribution in [2.75, 3.05) is 0 Å². The van der Waals surface area contributed by atoms with Crippen molar-refractivity contribution in [2.24, 2.45) is 5.41 Å². The first-order valence-corrected chi connectivity index (χ1v) is 9.14. The molecule has 0 spiro atoms. The summed E-state index contributed by atoms with van der Waals surface area (Å²) in [5.74, 6) is -2.16. The smallest absolute Gasteiger partial charge is 0.259 e. The summed E-state index contributed by atoms with van der Waals surface area (Å²) in [6, 6.07) is 17.6. The molecule has 0 atom stereocenters. The van der Waals surface area contributed by atoms with Gasteiger partial charge < -0.3 is 0 Å². The van der Waals surface area contributed by atoms with Crippen molar-refractivity contribution < 1.29 is 19.2 Å². The average Bonchev–Trinajstić information content (AvgIpc) is 3.18. The SMILES string of the molecule is CC(C)(C1=C(c2ccccc2)C(=O)NC1=O)C1=C(c2ccccc2)C(=O)NC1=O. The third-order valence-electron chi connectivity index (χ3n) is 5.24. The molecule has 4 rings (SSSR count). The molecule has 0 bridgehead atoms. The molecular weight excluding hydrogens is 368 g/mol. The van der Waals surface area contributed by atoms with Crippen LogP contribution in [-0.2, 0) is 19.2 Å². The lowest BCUT2D eigenvalue weighted by atomic mass is 9.72. The molecule has 0 saturated carbocycles. The Morgan fingerprint density at radius 3 is 1.24 bits per heavy atom. The third-order valence-corrected chi connectivity index (χ3v) is 5.24. The molecular formula is C23H18N2O4. The highest BCUT2D eigenvalue weighted by molar-refractivity contribution is 6.39. The monoisotopic (exact) mass is 386 g/mol. The summed E-state index contributed by atoms with van der Waals surface area (Å²) < 4.78 is 0. The molecule has 144 valence electrons. The van der Waals surface area contributed by atoms with E-state index in [0.717, 1.165) is 0 Å².